The Morgan fingerprint density at radius 2 is 1.68 bits per heavy atom. The number of rotatable bonds is 5. The van der Waals surface area contributed by atoms with E-state index in [1.165, 1.54) is 11.1 Å². The first kappa shape index (κ1) is 17.0. The highest BCUT2D eigenvalue weighted by Crippen LogP contribution is 2.32. The van der Waals surface area contributed by atoms with Crippen LogP contribution in [-0.2, 0) is 9.53 Å². The van der Waals surface area contributed by atoms with Crippen molar-refractivity contribution in [2.75, 3.05) is 38.2 Å². The minimum atomic E-state index is 0.0666. The number of benzene rings is 1. The van der Waals surface area contributed by atoms with Crippen molar-refractivity contribution in [3.63, 3.8) is 0 Å². The third-order valence-electron chi connectivity index (χ3n) is 4.11. The van der Waals surface area contributed by atoms with Gasteiger partial charge in [-0.25, -0.2) is 0 Å². The van der Waals surface area contributed by atoms with Crippen molar-refractivity contribution in [2.24, 2.45) is 0 Å². The molecule has 1 N–H and O–H groups in total. The minimum Gasteiger partial charge on any atom is -0.379 e. The van der Waals surface area contributed by atoms with Gasteiger partial charge in [-0.2, -0.15) is 0 Å². The van der Waals surface area contributed by atoms with Crippen molar-refractivity contribution in [1.29, 1.82) is 0 Å². The summed E-state index contributed by atoms with van der Waals surface area (Å²) in [5.41, 5.74) is 3.42. The molecule has 1 aromatic rings. The van der Waals surface area contributed by atoms with E-state index in [0.29, 0.717) is 31.6 Å². The summed E-state index contributed by atoms with van der Waals surface area (Å²) in [7, 11) is 0. The van der Waals surface area contributed by atoms with E-state index in [4.69, 9.17) is 4.74 Å². The lowest BCUT2D eigenvalue weighted by Crippen LogP contribution is -2.41. The molecule has 22 heavy (non-hydrogen) atoms. The van der Waals surface area contributed by atoms with Gasteiger partial charge in [0.15, 0.2) is 0 Å². The molecule has 4 nitrogen and oxygen atoms in total. The molecule has 1 amide bonds. The topological polar surface area (TPSA) is 41.6 Å². The lowest BCUT2D eigenvalue weighted by molar-refractivity contribution is -0.118. The van der Waals surface area contributed by atoms with Gasteiger partial charge in [-0.1, -0.05) is 45.9 Å². The summed E-state index contributed by atoms with van der Waals surface area (Å²) in [6.45, 7) is 12.2. The highest BCUT2D eigenvalue weighted by atomic mass is 16.5. The molecule has 1 aliphatic rings. The van der Waals surface area contributed by atoms with Crippen LogP contribution in [0.1, 0.15) is 50.7 Å². The molecule has 4 heteroatoms. The van der Waals surface area contributed by atoms with E-state index in [9.17, 15) is 4.79 Å². The van der Waals surface area contributed by atoms with Crippen LogP contribution in [0.4, 0.5) is 5.69 Å². The molecule has 2 rings (SSSR count). The molecule has 0 atom stereocenters. The predicted octanol–water partition coefficient (Wildman–Crippen LogP) is 3.20. The van der Waals surface area contributed by atoms with E-state index in [1.54, 1.807) is 0 Å². The fourth-order valence-electron chi connectivity index (χ4n) is 2.84. The largest absolute Gasteiger partial charge is 0.379 e. The molecule has 1 saturated heterocycles. The average molecular weight is 304 g/mol. The summed E-state index contributed by atoms with van der Waals surface area (Å²) in [5.74, 6) is 0.840. The zero-order chi connectivity index (χ0) is 16.1. The monoisotopic (exact) mass is 304 g/mol. The Morgan fingerprint density at radius 3 is 2.18 bits per heavy atom. The number of nitrogens with zero attached hydrogens (tertiary/aromatic N) is 1. The molecule has 0 bridgehead atoms. The molecule has 0 aromatic heterocycles. The number of carbonyl (C=O) groups is 1. The number of anilines is 1. The number of hydrogen-bond donors (Lipinski definition) is 1. The van der Waals surface area contributed by atoms with Gasteiger partial charge in [-0.05, 0) is 23.0 Å². The molecule has 122 valence electrons. The summed E-state index contributed by atoms with van der Waals surface area (Å²) >= 11 is 0. The maximum atomic E-state index is 12.4. The van der Waals surface area contributed by atoms with Crippen molar-refractivity contribution in [2.45, 2.75) is 39.5 Å². The van der Waals surface area contributed by atoms with E-state index >= 15 is 0 Å². The molecule has 0 aliphatic carbocycles. The molecule has 1 fully saturated rings. The van der Waals surface area contributed by atoms with Crippen LogP contribution in [0.15, 0.2) is 18.2 Å². The van der Waals surface area contributed by atoms with E-state index in [-0.39, 0.29) is 5.91 Å². The Balaban J connectivity index is 2.14. The second-order valence-corrected chi connectivity index (χ2v) is 6.56. The molecule has 0 saturated carbocycles. The first-order valence-electron chi connectivity index (χ1n) is 8.21. The smallest absolute Gasteiger partial charge is 0.238 e. The Labute approximate surface area is 133 Å². The number of amides is 1. The van der Waals surface area contributed by atoms with Crippen LogP contribution in [-0.4, -0.2) is 43.7 Å². The minimum absolute atomic E-state index is 0.0666. The predicted molar refractivity (Wildman–Crippen MR) is 90.5 cm³/mol. The van der Waals surface area contributed by atoms with Gasteiger partial charge in [0, 0.05) is 18.8 Å². The number of carbonyl (C=O) groups excluding carboxylic acids is 1. The molecule has 0 unspecified atom stereocenters. The van der Waals surface area contributed by atoms with Gasteiger partial charge in [0.25, 0.3) is 0 Å². The standard InChI is InChI=1S/C18H28N2O2/c1-13(2)15-6-5-7-16(14(3)4)18(15)19-17(21)12-20-8-10-22-11-9-20/h5-7,13-14H,8-12H2,1-4H3,(H,19,21). The Morgan fingerprint density at radius 1 is 1.14 bits per heavy atom. The third-order valence-corrected chi connectivity index (χ3v) is 4.11. The van der Waals surface area contributed by atoms with Crippen LogP contribution in [0, 0.1) is 0 Å². The fraction of sp³-hybridized carbons (Fsp3) is 0.611. The Bertz CT molecular complexity index is 480. The van der Waals surface area contributed by atoms with Crippen molar-refractivity contribution >= 4 is 11.6 Å². The second-order valence-electron chi connectivity index (χ2n) is 6.56. The molecular formula is C18H28N2O2. The lowest BCUT2D eigenvalue weighted by atomic mass is 9.92. The maximum Gasteiger partial charge on any atom is 0.238 e. The number of nitrogens with one attached hydrogen (secondary N) is 1. The molecule has 0 spiro atoms. The van der Waals surface area contributed by atoms with Gasteiger partial charge in [0.1, 0.15) is 0 Å². The number of para-hydroxylation sites is 1. The normalized spacial score (nSPS) is 16.3. The van der Waals surface area contributed by atoms with Gasteiger partial charge < -0.3 is 10.1 Å². The van der Waals surface area contributed by atoms with E-state index < -0.39 is 0 Å². The van der Waals surface area contributed by atoms with Crippen LogP contribution in [0.2, 0.25) is 0 Å². The Kier molecular flexibility index (Phi) is 5.98. The number of morpholine rings is 1. The van der Waals surface area contributed by atoms with Crippen LogP contribution in [0.25, 0.3) is 0 Å². The molecule has 0 radical (unpaired) electrons. The maximum absolute atomic E-state index is 12.4. The summed E-state index contributed by atoms with van der Waals surface area (Å²) in [6, 6.07) is 6.31. The van der Waals surface area contributed by atoms with Crippen LogP contribution < -0.4 is 5.32 Å². The number of ether oxygens (including phenoxy) is 1. The molecule has 1 aromatic carbocycles. The van der Waals surface area contributed by atoms with Crippen molar-refractivity contribution < 1.29 is 9.53 Å². The quantitative estimate of drug-likeness (QED) is 0.908. The van der Waals surface area contributed by atoms with Gasteiger partial charge >= 0.3 is 0 Å². The highest BCUT2D eigenvalue weighted by molar-refractivity contribution is 5.94. The first-order valence-corrected chi connectivity index (χ1v) is 8.21. The van der Waals surface area contributed by atoms with Crippen LogP contribution >= 0.6 is 0 Å². The zero-order valence-electron chi connectivity index (χ0n) is 14.2. The van der Waals surface area contributed by atoms with Gasteiger partial charge in [-0.15, -0.1) is 0 Å². The molecular weight excluding hydrogens is 276 g/mol. The van der Waals surface area contributed by atoms with Crippen molar-refractivity contribution in [3.8, 4) is 0 Å². The van der Waals surface area contributed by atoms with Gasteiger partial charge in [-0.3, -0.25) is 9.69 Å². The summed E-state index contributed by atoms with van der Waals surface area (Å²) in [5, 5.41) is 3.17. The summed E-state index contributed by atoms with van der Waals surface area (Å²) in [6.07, 6.45) is 0. The van der Waals surface area contributed by atoms with Gasteiger partial charge in [0.2, 0.25) is 5.91 Å². The first-order chi connectivity index (χ1) is 10.5. The zero-order valence-corrected chi connectivity index (χ0v) is 14.2. The van der Waals surface area contributed by atoms with E-state index in [0.717, 1.165) is 18.8 Å². The fourth-order valence-corrected chi connectivity index (χ4v) is 2.84. The van der Waals surface area contributed by atoms with Crippen LogP contribution in [0.5, 0.6) is 0 Å². The van der Waals surface area contributed by atoms with Crippen LogP contribution in [0.3, 0.4) is 0 Å². The molecule has 1 heterocycles. The van der Waals surface area contributed by atoms with Gasteiger partial charge in [0.05, 0.1) is 19.8 Å². The van der Waals surface area contributed by atoms with Crippen molar-refractivity contribution in [1.82, 2.24) is 4.90 Å². The number of hydrogen-bond acceptors (Lipinski definition) is 3. The van der Waals surface area contributed by atoms with E-state index in [1.807, 2.05) is 0 Å². The lowest BCUT2D eigenvalue weighted by Gasteiger charge is -2.26. The third kappa shape index (κ3) is 4.31. The SMILES string of the molecule is CC(C)c1cccc(C(C)C)c1NC(=O)CN1CCOCC1. The molecule has 1 aliphatic heterocycles. The highest BCUT2D eigenvalue weighted by Gasteiger charge is 2.18. The summed E-state index contributed by atoms with van der Waals surface area (Å²) in [4.78, 5) is 14.6. The van der Waals surface area contributed by atoms with Crippen molar-refractivity contribution in [3.05, 3.63) is 29.3 Å². The summed E-state index contributed by atoms with van der Waals surface area (Å²) < 4.78 is 5.33. The van der Waals surface area contributed by atoms with E-state index in [2.05, 4.69) is 56.1 Å². The second kappa shape index (κ2) is 7.75. The average Bonchev–Trinajstić information content (AvgIpc) is 2.47. The Hall–Kier alpha value is -1.39.